The summed E-state index contributed by atoms with van der Waals surface area (Å²) in [5, 5.41) is 6.64. The predicted molar refractivity (Wildman–Crippen MR) is 92.9 cm³/mol. The van der Waals surface area contributed by atoms with Crippen LogP contribution in [-0.2, 0) is 0 Å². The van der Waals surface area contributed by atoms with Crippen LogP contribution in [0.15, 0.2) is 28.8 Å². The van der Waals surface area contributed by atoms with Crippen molar-refractivity contribution in [1.29, 1.82) is 0 Å². The Morgan fingerprint density at radius 2 is 1.92 bits per heavy atom. The molecule has 128 valence electrons. The topological polar surface area (TPSA) is 71.3 Å². The SMILES string of the molecule is CC1CCN(c2ccc(-c3noc(C(=O)NC(C)C)n3)cc2)CC1. The molecule has 1 aliphatic rings. The monoisotopic (exact) mass is 328 g/mol. The minimum Gasteiger partial charge on any atom is -0.372 e. The Morgan fingerprint density at radius 1 is 1.25 bits per heavy atom. The molecular weight excluding hydrogens is 304 g/mol. The van der Waals surface area contributed by atoms with Crippen molar-refractivity contribution in [3.8, 4) is 11.4 Å². The molecule has 6 heteroatoms. The number of carbonyl (C=O) groups is 1. The molecule has 1 fully saturated rings. The first-order chi connectivity index (χ1) is 11.5. The van der Waals surface area contributed by atoms with Gasteiger partial charge in [-0.25, -0.2) is 0 Å². The molecule has 0 bridgehead atoms. The molecule has 2 aromatic rings. The fourth-order valence-corrected chi connectivity index (χ4v) is 2.84. The van der Waals surface area contributed by atoms with Crippen molar-refractivity contribution in [2.24, 2.45) is 5.92 Å². The molecule has 1 aromatic carbocycles. The Bertz CT molecular complexity index is 685. The zero-order valence-corrected chi connectivity index (χ0v) is 14.5. The highest BCUT2D eigenvalue weighted by atomic mass is 16.5. The van der Waals surface area contributed by atoms with Crippen LogP contribution < -0.4 is 10.2 Å². The third-order valence-electron chi connectivity index (χ3n) is 4.31. The van der Waals surface area contributed by atoms with E-state index in [0.717, 1.165) is 24.6 Å². The van der Waals surface area contributed by atoms with E-state index >= 15 is 0 Å². The lowest BCUT2D eigenvalue weighted by molar-refractivity contribution is 0.0899. The summed E-state index contributed by atoms with van der Waals surface area (Å²) in [6, 6.07) is 8.13. The maximum Gasteiger partial charge on any atom is 0.316 e. The van der Waals surface area contributed by atoms with Gasteiger partial charge in [-0.1, -0.05) is 12.1 Å². The van der Waals surface area contributed by atoms with E-state index in [1.807, 2.05) is 26.0 Å². The summed E-state index contributed by atoms with van der Waals surface area (Å²) < 4.78 is 5.06. The fraction of sp³-hybridized carbons (Fsp3) is 0.500. The fourth-order valence-electron chi connectivity index (χ4n) is 2.84. The van der Waals surface area contributed by atoms with E-state index in [9.17, 15) is 4.79 Å². The predicted octanol–water partition coefficient (Wildman–Crippen LogP) is 3.11. The molecule has 0 saturated carbocycles. The molecule has 1 saturated heterocycles. The van der Waals surface area contributed by atoms with E-state index in [2.05, 4.69) is 39.4 Å². The van der Waals surface area contributed by atoms with Gasteiger partial charge in [0, 0.05) is 30.4 Å². The van der Waals surface area contributed by atoms with Crippen molar-refractivity contribution in [3.63, 3.8) is 0 Å². The Balaban J connectivity index is 1.70. The maximum absolute atomic E-state index is 11.9. The Morgan fingerprint density at radius 3 is 2.54 bits per heavy atom. The number of rotatable bonds is 4. The van der Waals surface area contributed by atoms with Gasteiger partial charge >= 0.3 is 11.8 Å². The summed E-state index contributed by atoms with van der Waals surface area (Å²) in [6.07, 6.45) is 2.47. The third kappa shape index (κ3) is 3.75. The molecule has 2 heterocycles. The lowest BCUT2D eigenvalue weighted by Gasteiger charge is -2.32. The van der Waals surface area contributed by atoms with Crippen LogP contribution in [0.25, 0.3) is 11.4 Å². The highest BCUT2D eigenvalue weighted by Crippen LogP contribution is 2.25. The van der Waals surface area contributed by atoms with E-state index in [1.165, 1.54) is 18.5 Å². The van der Waals surface area contributed by atoms with Crippen LogP contribution >= 0.6 is 0 Å². The van der Waals surface area contributed by atoms with Crippen molar-refractivity contribution < 1.29 is 9.32 Å². The van der Waals surface area contributed by atoms with Gasteiger partial charge in [0.25, 0.3) is 0 Å². The number of anilines is 1. The molecule has 0 radical (unpaired) electrons. The number of aromatic nitrogens is 2. The lowest BCUT2D eigenvalue weighted by Crippen LogP contribution is -2.32. The number of hydrogen-bond acceptors (Lipinski definition) is 5. The quantitative estimate of drug-likeness (QED) is 0.934. The minimum atomic E-state index is -0.345. The Labute approximate surface area is 142 Å². The highest BCUT2D eigenvalue weighted by Gasteiger charge is 2.18. The summed E-state index contributed by atoms with van der Waals surface area (Å²) >= 11 is 0. The molecule has 0 atom stereocenters. The second-order valence-electron chi connectivity index (χ2n) is 6.77. The van der Waals surface area contributed by atoms with E-state index in [-0.39, 0.29) is 17.8 Å². The highest BCUT2D eigenvalue weighted by molar-refractivity contribution is 5.90. The Kier molecular flexibility index (Phi) is 4.83. The molecule has 0 unspecified atom stereocenters. The summed E-state index contributed by atoms with van der Waals surface area (Å²) in [4.78, 5) is 18.5. The second-order valence-corrected chi connectivity index (χ2v) is 6.77. The normalized spacial score (nSPS) is 15.8. The molecule has 6 nitrogen and oxygen atoms in total. The largest absolute Gasteiger partial charge is 0.372 e. The van der Waals surface area contributed by atoms with Crippen LogP contribution in [0.1, 0.15) is 44.3 Å². The van der Waals surface area contributed by atoms with Gasteiger partial charge in [-0.05, 0) is 56.9 Å². The van der Waals surface area contributed by atoms with Crippen LogP contribution in [0.3, 0.4) is 0 Å². The average molecular weight is 328 g/mol. The van der Waals surface area contributed by atoms with E-state index in [4.69, 9.17) is 4.52 Å². The number of amides is 1. The number of nitrogens with zero attached hydrogens (tertiary/aromatic N) is 3. The molecule has 0 aliphatic carbocycles. The van der Waals surface area contributed by atoms with Crippen molar-refractivity contribution >= 4 is 11.6 Å². The van der Waals surface area contributed by atoms with E-state index in [0.29, 0.717) is 5.82 Å². The zero-order valence-electron chi connectivity index (χ0n) is 14.5. The van der Waals surface area contributed by atoms with Gasteiger partial charge < -0.3 is 14.7 Å². The first-order valence-corrected chi connectivity index (χ1v) is 8.53. The summed E-state index contributed by atoms with van der Waals surface area (Å²) in [5.41, 5.74) is 2.06. The van der Waals surface area contributed by atoms with Crippen LogP contribution in [-0.4, -0.2) is 35.2 Å². The first-order valence-electron chi connectivity index (χ1n) is 8.53. The summed E-state index contributed by atoms with van der Waals surface area (Å²) in [6.45, 7) is 8.28. The third-order valence-corrected chi connectivity index (χ3v) is 4.31. The van der Waals surface area contributed by atoms with Gasteiger partial charge in [0.05, 0.1) is 0 Å². The lowest BCUT2D eigenvalue weighted by atomic mass is 9.98. The average Bonchev–Trinajstić information content (AvgIpc) is 3.05. The smallest absolute Gasteiger partial charge is 0.316 e. The van der Waals surface area contributed by atoms with Crippen molar-refractivity contribution in [2.45, 2.75) is 39.7 Å². The number of nitrogens with one attached hydrogen (secondary N) is 1. The molecule has 1 amide bonds. The van der Waals surface area contributed by atoms with E-state index in [1.54, 1.807) is 0 Å². The van der Waals surface area contributed by atoms with Gasteiger partial charge in [0.15, 0.2) is 0 Å². The van der Waals surface area contributed by atoms with Gasteiger partial charge in [-0.15, -0.1) is 0 Å². The number of piperidine rings is 1. The van der Waals surface area contributed by atoms with Crippen molar-refractivity contribution in [2.75, 3.05) is 18.0 Å². The van der Waals surface area contributed by atoms with Gasteiger partial charge in [-0.3, -0.25) is 4.79 Å². The number of carbonyl (C=O) groups excluding carboxylic acids is 1. The summed E-state index contributed by atoms with van der Waals surface area (Å²) in [5.74, 6) is 0.897. The molecule has 0 spiro atoms. The molecule has 1 aromatic heterocycles. The van der Waals surface area contributed by atoms with E-state index < -0.39 is 0 Å². The molecule has 1 N–H and O–H groups in total. The first kappa shape index (κ1) is 16.5. The standard InChI is InChI=1S/C18H24N4O2/c1-12(2)19-17(23)18-20-16(21-24-18)14-4-6-15(7-5-14)22-10-8-13(3)9-11-22/h4-7,12-13H,8-11H2,1-3H3,(H,19,23). The molecular formula is C18H24N4O2. The zero-order chi connectivity index (χ0) is 17.1. The van der Waals surface area contributed by atoms with Gasteiger partial charge in [0.2, 0.25) is 5.82 Å². The number of benzene rings is 1. The van der Waals surface area contributed by atoms with Gasteiger partial charge in [-0.2, -0.15) is 4.98 Å². The van der Waals surface area contributed by atoms with Crippen LogP contribution in [0.4, 0.5) is 5.69 Å². The van der Waals surface area contributed by atoms with Crippen molar-refractivity contribution in [3.05, 3.63) is 30.2 Å². The Hall–Kier alpha value is -2.37. The van der Waals surface area contributed by atoms with Gasteiger partial charge in [0.1, 0.15) is 0 Å². The molecule has 3 rings (SSSR count). The molecule has 24 heavy (non-hydrogen) atoms. The van der Waals surface area contributed by atoms with Crippen LogP contribution in [0, 0.1) is 5.92 Å². The second kappa shape index (κ2) is 7.03. The molecule has 1 aliphatic heterocycles. The number of hydrogen-bond donors (Lipinski definition) is 1. The van der Waals surface area contributed by atoms with Crippen LogP contribution in [0.5, 0.6) is 0 Å². The minimum absolute atomic E-state index is 0.00667. The maximum atomic E-state index is 11.9. The van der Waals surface area contributed by atoms with Crippen molar-refractivity contribution in [1.82, 2.24) is 15.5 Å². The summed E-state index contributed by atoms with van der Waals surface area (Å²) in [7, 11) is 0. The van der Waals surface area contributed by atoms with Crippen LogP contribution in [0.2, 0.25) is 0 Å².